The molecule has 0 aromatic rings. The summed E-state index contributed by atoms with van der Waals surface area (Å²) in [6.45, 7) is 6.52. The van der Waals surface area contributed by atoms with E-state index in [0.717, 1.165) is 6.42 Å². The first-order chi connectivity index (χ1) is 7.47. The number of likely N-dealkylation sites (tertiary alicyclic amines) is 1. The summed E-state index contributed by atoms with van der Waals surface area (Å²) in [7, 11) is 0. The van der Waals surface area contributed by atoms with Crippen LogP contribution in [0.4, 0.5) is 0 Å². The smallest absolute Gasteiger partial charge is 0.308 e. The summed E-state index contributed by atoms with van der Waals surface area (Å²) in [4.78, 5) is 24.5. The fraction of sp³-hybridized carbons (Fsp3) is 0.667. The van der Waals surface area contributed by atoms with Crippen molar-refractivity contribution in [1.29, 1.82) is 0 Å². The Bertz CT molecular complexity index is 322. The van der Waals surface area contributed by atoms with Gasteiger partial charge in [-0.2, -0.15) is 0 Å². The number of carboxylic acid groups (broad SMARTS) is 1. The zero-order valence-corrected chi connectivity index (χ0v) is 10.1. The van der Waals surface area contributed by atoms with Gasteiger partial charge in [-0.1, -0.05) is 19.9 Å². The first kappa shape index (κ1) is 12.7. The Labute approximate surface area is 95.9 Å². The molecule has 4 nitrogen and oxygen atoms in total. The second-order valence-electron chi connectivity index (χ2n) is 4.43. The van der Waals surface area contributed by atoms with Crippen LogP contribution in [0.2, 0.25) is 0 Å². The van der Waals surface area contributed by atoms with E-state index in [4.69, 9.17) is 5.11 Å². The average Bonchev–Trinajstić information content (AvgIpc) is 2.59. The molecule has 90 valence electrons. The highest BCUT2D eigenvalue weighted by atomic mass is 16.4. The molecule has 0 aliphatic carbocycles. The molecular weight excluding hydrogens is 206 g/mol. The van der Waals surface area contributed by atoms with E-state index in [1.165, 1.54) is 0 Å². The van der Waals surface area contributed by atoms with Gasteiger partial charge in [0.05, 0.1) is 5.92 Å². The molecule has 1 saturated heterocycles. The fourth-order valence-electron chi connectivity index (χ4n) is 2.10. The van der Waals surface area contributed by atoms with Crippen molar-refractivity contribution < 1.29 is 14.7 Å². The van der Waals surface area contributed by atoms with Crippen LogP contribution in [-0.2, 0) is 9.59 Å². The Morgan fingerprint density at radius 1 is 1.44 bits per heavy atom. The van der Waals surface area contributed by atoms with E-state index >= 15 is 0 Å². The molecule has 0 unspecified atom stereocenters. The predicted octanol–water partition coefficient (Wildman–Crippen LogP) is 1.52. The van der Waals surface area contributed by atoms with Gasteiger partial charge in [0.25, 0.3) is 0 Å². The minimum Gasteiger partial charge on any atom is -0.481 e. The Morgan fingerprint density at radius 2 is 2.06 bits per heavy atom. The molecule has 1 aliphatic heterocycles. The molecule has 4 heteroatoms. The lowest BCUT2D eigenvalue weighted by Crippen LogP contribution is -2.30. The highest BCUT2D eigenvalue weighted by Gasteiger charge is 2.36. The predicted molar refractivity (Wildman–Crippen MR) is 60.9 cm³/mol. The van der Waals surface area contributed by atoms with Crippen LogP contribution in [-0.4, -0.2) is 35.0 Å². The molecule has 0 aromatic heterocycles. The Morgan fingerprint density at radius 3 is 2.50 bits per heavy atom. The van der Waals surface area contributed by atoms with Gasteiger partial charge in [-0.15, -0.1) is 0 Å². The molecule has 1 aliphatic rings. The lowest BCUT2D eigenvalue weighted by molar-refractivity contribution is -0.142. The number of carbonyl (C=O) groups excluding carboxylic acids is 1. The van der Waals surface area contributed by atoms with Crippen molar-refractivity contribution in [3.05, 3.63) is 11.6 Å². The molecule has 0 aromatic carbocycles. The normalized spacial score (nSPS) is 25.9. The number of rotatable bonds is 3. The van der Waals surface area contributed by atoms with Gasteiger partial charge in [-0.3, -0.25) is 9.59 Å². The molecule has 0 radical (unpaired) electrons. The summed E-state index contributed by atoms with van der Waals surface area (Å²) in [6.07, 6.45) is 2.70. The zero-order chi connectivity index (χ0) is 12.3. The molecule has 1 heterocycles. The third kappa shape index (κ3) is 2.62. The molecule has 2 atom stereocenters. The SMILES string of the molecule is CC/C=C(/C)C(=O)N1C[C@@H](C)[C@H](C(=O)O)C1. The summed E-state index contributed by atoms with van der Waals surface area (Å²) in [5.74, 6) is -1.22. The van der Waals surface area contributed by atoms with Crippen LogP contribution in [0.25, 0.3) is 0 Å². The molecule has 1 N–H and O–H groups in total. The van der Waals surface area contributed by atoms with Crippen LogP contribution in [0.15, 0.2) is 11.6 Å². The maximum absolute atomic E-state index is 11.9. The summed E-state index contributed by atoms with van der Waals surface area (Å²) in [6, 6.07) is 0. The summed E-state index contributed by atoms with van der Waals surface area (Å²) >= 11 is 0. The van der Waals surface area contributed by atoms with Crippen molar-refractivity contribution in [3.8, 4) is 0 Å². The van der Waals surface area contributed by atoms with E-state index in [1.54, 1.807) is 11.8 Å². The Balaban J connectivity index is 2.69. The maximum Gasteiger partial charge on any atom is 0.308 e. The lowest BCUT2D eigenvalue weighted by Gasteiger charge is -2.16. The maximum atomic E-state index is 11.9. The van der Waals surface area contributed by atoms with E-state index in [-0.39, 0.29) is 11.8 Å². The largest absolute Gasteiger partial charge is 0.481 e. The molecular formula is C12H19NO3. The van der Waals surface area contributed by atoms with Gasteiger partial charge < -0.3 is 10.0 Å². The molecule has 16 heavy (non-hydrogen) atoms. The van der Waals surface area contributed by atoms with Crippen molar-refractivity contribution >= 4 is 11.9 Å². The van der Waals surface area contributed by atoms with Crippen molar-refractivity contribution in [2.45, 2.75) is 27.2 Å². The van der Waals surface area contributed by atoms with E-state index in [1.807, 2.05) is 19.9 Å². The number of carbonyl (C=O) groups is 2. The number of hydrogen-bond donors (Lipinski definition) is 1. The number of amides is 1. The third-order valence-electron chi connectivity index (χ3n) is 3.06. The van der Waals surface area contributed by atoms with Gasteiger partial charge in [-0.05, 0) is 19.3 Å². The van der Waals surface area contributed by atoms with Crippen LogP contribution in [0.5, 0.6) is 0 Å². The molecule has 1 amide bonds. The molecule has 1 fully saturated rings. The Kier molecular flexibility index (Phi) is 4.10. The minimum absolute atomic E-state index is 0.0301. The quantitative estimate of drug-likeness (QED) is 0.741. The van der Waals surface area contributed by atoms with E-state index in [0.29, 0.717) is 18.7 Å². The highest BCUT2D eigenvalue weighted by molar-refractivity contribution is 5.93. The van der Waals surface area contributed by atoms with Gasteiger partial charge in [0.2, 0.25) is 5.91 Å². The van der Waals surface area contributed by atoms with Crippen LogP contribution in [0.1, 0.15) is 27.2 Å². The van der Waals surface area contributed by atoms with Crippen LogP contribution >= 0.6 is 0 Å². The van der Waals surface area contributed by atoms with Crippen molar-refractivity contribution in [2.24, 2.45) is 11.8 Å². The number of aliphatic carboxylic acids is 1. The number of allylic oxidation sites excluding steroid dienone is 1. The van der Waals surface area contributed by atoms with Gasteiger partial charge in [0.1, 0.15) is 0 Å². The summed E-state index contributed by atoms with van der Waals surface area (Å²) in [5, 5.41) is 8.97. The standard InChI is InChI=1S/C12H19NO3/c1-4-5-8(2)11(14)13-6-9(3)10(7-13)12(15)16/h5,9-10H,4,6-7H2,1-3H3,(H,15,16)/b8-5-/t9-,10-/m1/s1. The minimum atomic E-state index is -0.806. The second-order valence-corrected chi connectivity index (χ2v) is 4.43. The van der Waals surface area contributed by atoms with Gasteiger partial charge in [0.15, 0.2) is 0 Å². The van der Waals surface area contributed by atoms with Crippen LogP contribution < -0.4 is 0 Å². The van der Waals surface area contributed by atoms with Crippen LogP contribution in [0.3, 0.4) is 0 Å². The van der Waals surface area contributed by atoms with E-state index in [9.17, 15) is 9.59 Å². The Hall–Kier alpha value is -1.32. The number of hydrogen-bond acceptors (Lipinski definition) is 2. The van der Waals surface area contributed by atoms with Gasteiger partial charge >= 0.3 is 5.97 Å². The highest BCUT2D eigenvalue weighted by Crippen LogP contribution is 2.24. The lowest BCUT2D eigenvalue weighted by atomic mass is 9.99. The van der Waals surface area contributed by atoms with Gasteiger partial charge in [-0.25, -0.2) is 0 Å². The topological polar surface area (TPSA) is 57.6 Å². The second kappa shape index (κ2) is 5.14. The first-order valence-electron chi connectivity index (χ1n) is 5.66. The third-order valence-corrected chi connectivity index (χ3v) is 3.06. The average molecular weight is 225 g/mol. The first-order valence-corrected chi connectivity index (χ1v) is 5.66. The van der Waals surface area contributed by atoms with Crippen molar-refractivity contribution in [3.63, 3.8) is 0 Å². The molecule has 0 bridgehead atoms. The van der Waals surface area contributed by atoms with Crippen molar-refractivity contribution in [1.82, 2.24) is 4.90 Å². The fourth-order valence-corrected chi connectivity index (χ4v) is 2.10. The molecule has 0 spiro atoms. The summed E-state index contributed by atoms with van der Waals surface area (Å²) in [5.41, 5.74) is 0.709. The molecule has 0 saturated carbocycles. The monoisotopic (exact) mass is 225 g/mol. The van der Waals surface area contributed by atoms with E-state index in [2.05, 4.69) is 0 Å². The van der Waals surface area contributed by atoms with E-state index < -0.39 is 11.9 Å². The van der Waals surface area contributed by atoms with Crippen LogP contribution in [0, 0.1) is 11.8 Å². The number of carboxylic acids is 1. The summed E-state index contributed by atoms with van der Waals surface area (Å²) < 4.78 is 0. The zero-order valence-electron chi connectivity index (χ0n) is 10.1. The van der Waals surface area contributed by atoms with Gasteiger partial charge in [0, 0.05) is 18.7 Å². The molecule has 1 rings (SSSR count). The van der Waals surface area contributed by atoms with Crippen molar-refractivity contribution in [2.75, 3.05) is 13.1 Å². The number of nitrogens with zero attached hydrogens (tertiary/aromatic N) is 1.